The largest absolute Gasteiger partial charge is 0.479 e. The molecule has 1 heterocycles. The molecule has 0 fully saturated rings. The first-order valence-corrected chi connectivity index (χ1v) is 8.01. The Bertz CT molecular complexity index is 988. The van der Waals surface area contributed by atoms with E-state index in [9.17, 15) is 29.8 Å². The van der Waals surface area contributed by atoms with Crippen LogP contribution in [0.3, 0.4) is 0 Å². The number of hydrogen-bond acceptors (Lipinski definition) is 7. The van der Waals surface area contributed by atoms with Gasteiger partial charge in [0, 0.05) is 24.9 Å². The zero-order valence-electron chi connectivity index (χ0n) is 14.7. The summed E-state index contributed by atoms with van der Waals surface area (Å²) in [4.78, 5) is 46.2. The van der Waals surface area contributed by atoms with Crippen molar-refractivity contribution in [1.82, 2.24) is 0 Å². The highest BCUT2D eigenvalue weighted by molar-refractivity contribution is 6.06. The van der Waals surface area contributed by atoms with Gasteiger partial charge < -0.3 is 15.0 Å². The van der Waals surface area contributed by atoms with Crippen molar-refractivity contribution in [3.63, 3.8) is 0 Å². The van der Waals surface area contributed by atoms with Crippen LogP contribution < -0.4 is 15.0 Å². The van der Waals surface area contributed by atoms with Gasteiger partial charge in [-0.3, -0.25) is 29.8 Å². The molecule has 11 heteroatoms. The molecule has 1 aliphatic heterocycles. The van der Waals surface area contributed by atoms with Crippen LogP contribution in [0.4, 0.5) is 22.7 Å². The highest BCUT2D eigenvalue weighted by Crippen LogP contribution is 2.35. The van der Waals surface area contributed by atoms with Gasteiger partial charge in [0.15, 0.2) is 6.10 Å². The number of ether oxygens (including phenoxy) is 1. The van der Waals surface area contributed by atoms with E-state index in [1.54, 1.807) is 20.0 Å². The first kappa shape index (κ1) is 18.8. The molecule has 0 saturated heterocycles. The van der Waals surface area contributed by atoms with Crippen LogP contribution in [0, 0.1) is 20.2 Å². The molecule has 0 saturated carbocycles. The molecule has 0 aromatic heterocycles. The number of nitro groups is 2. The van der Waals surface area contributed by atoms with Crippen molar-refractivity contribution in [3.8, 4) is 5.75 Å². The van der Waals surface area contributed by atoms with E-state index in [0.717, 1.165) is 18.2 Å². The fourth-order valence-electron chi connectivity index (χ4n) is 2.73. The van der Waals surface area contributed by atoms with Crippen molar-refractivity contribution in [2.75, 3.05) is 17.3 Å². The molecular weight excluding hydrogens is 372 g/mol. The minimum Gasteiger partial charge on any atom is -0.479 e. The summed E-state index contributed by atoms with van der Waals surface area (Å²) < 4.78 is 5.49. The first-order chi connectivity index (χ1) is 13.2. The number of hydrogen-bond donors (Lipinski definition) is 1. The van der Waals surface area contributed by atoms with Crippen LogP contribution in [0.5, 0.6) is 5.75 Å². The van der Waals surface area contributed by atoms with Gasteiger partial charge in [-0.15, -0.1) is 0 Å². The molecule has 3 rings (SSSR count). The average molecular weight is 386 g/mol. The fraction of sp³-hybridized carbons (Fsp3) is 0.176. The van der Waals surface area contributed by atoms with Crippen LogP contribution >= 0.6 is 0 Å². The number of carbonyl (C=O) groups excluding carboxylic acids is 2. The molecule has 2 aromatic rings. The number of rotatable bonds is 4. The lowest BCUT2D eigenvalue weighted by Crippen LogP contribution is -2.41. The van der Waals surface area contributed by atoms with Crippen LogP contribution in [0.2, 0.25) is 0 Å². The Balaban J connectivity index is 1.91. The number of nitrogens with zero attached hydrogens (tertiary/aromatic N) is 3. The maximum absolute atomic E-state index is 12.5. The number of nitrogens with one attached hydrogen (secondary N) is 1. The highest BCUT2D eigenvalue weighted by Gasteiger charge is 2.29. The average Bonchev–Trinajstić information content (AvgIpc) is 2.66. The molecule has 28 heavy (non-hydrogen) atoms. The lowest BCUT2D eigenvalue weighted by atomic mass is 10.1. The molecule has 0 radical (unpaired) electrons. The van der Waals surface area contributed by atoms with Gasteiger partial charge in [-0.25, -0.2) is 0 Å². The van der Waals surface area contributed by atoms with Gasteiger partial charge in [0.2, 0.25) is 0 Å². The number of anilines is 2. The second-order valence-electron chi connectivity index (χ2n) is 6.05. The standard InChI is InChI=1S/C17H14N4O7/c1-9-17(23)19(2)14-7-11(3-4-15(14)28-9)18-16(22)10-5-12(20(24)25)8-13(6-10)21(26)27/h3-9H,1-2H3,(H,18,22). The van der Waals surface area contributed by atoms with Crippen molar-refractivity contribution < 1.29 is 24.2 Å². The molecule has 1 atom stereocenters. The van der Waals surface area contributed by atoms with Gasteiger partial charge in [0.1, 0.15) is 5.75 Å². The Morgan fingerprint density at radius 1 is 1.11 bits per heavy atom. The second-order valence-corrected chi connectivity index (χ2v) is 6.05. The fourth-order valence-corrected chi connectivity index (χ4v) is 2.73. The Labute approximate surface area is 157 Å². The molecule has 11 nitrogen and oxygen atoms in total. The van der Waals surface area contributed by atoms with Crippen LogP contribution in [-0.4, -0.2) is 34.8 Å². The highest BCUT2D eigenvalue weighted by atomic mass is 16.6. The summed E-state index contributed by atoms with van der Waals surface area (Å²) in [6.07, 6.45) is -0.636. The molecule has 0 aliphatic carbocycles. The summed E-state index contributed by atoms with van der Waals surface area (Å²) in [6.45, 7) is 1.62. The molecule has 0 bridgehead atoms. The topological polar surface area (TPSA) is 145 Å². The summed E-state index contributed by atoms with van der Waals surface area (Å²) in [5.74, 6) is -0.574. The molecular formula is C17H14N4O7. The summed E-state index contributed by atoms with van der Waals surface area (Å²) >= 11 is 0. The molecule has 1 unspecified atom stereocenters. The smallest absolute Gasteiger partial charge is 0.277 e. The Hall–Kier alpha value is -4.02. The van der Waals surface area contributed by atoms with Crippen molar-refractivity contribution in [2.24, 2.45) is 0 Å². The lowest BCUT2D eigenvalue weighted by Gasteiger charge is -2.30. The Morgan fingerprint density at radius 2 is 1.71 bits per heavy atom. The van der Waals surface area contributed by atoms with Crippen molar-refractivity contribution in [3.05, 3.63) is 62.2 Å². The van der Waals surface area contributed by atoms with Crippen molar-refractivity contribution in [2.45, 2.75) is 13.0 Å². The predicted molar refractivity (Wildman–Crippen MR) is 97.6 cm³/mol. The van der Waals surface area contributed by atoms with Gasteiger partial charge in [0.25, 0.3) is 23.2 Å². The summed E-state index contributed by atoms with van der Waals surface area (Å²) in [5.41, 5.74) is -0.662. The SMILES string of the molecule is CC1Oc2ccc(NC(=O)c3cc([N+](=O)[O-])cc([N+](=O)[O-])c3)cc2N(C)C1=O. The zero-order chi connectivity index (χ0) is 20.6. The van der Waals surface area contributed by atoms with Crippen LogP contribution in [0.25, 0.3) is 0 Å². The number of nitro benzene ring substituents is 2. The first-order valence-electron chi connectivity index (χ1n) is 8.01. The van der Waals surface area contributed by atoms with Gasteiger partial charge in [0.05, 0.1) is 27.2 Å². The molecule has 2 amide bonds. The van der Waals surface area contributed by atoms with Crippen LogP contribution in [0.1, 0.15) is 17.3 Å². The number of benzene rings is 2. The molecule has 144 valence electrons. The van der Waals surface area contributed by atoms with E-state index in [2.05, 4.69) is 5.32 Å². The van der Waals surface area contributed by atoms with Crippen molar-refractivity contribution >= 4 is 34.6 Å². The maximum Gasteiger partial charge on any atom is 0.277 e. The van der Waals surface area contributed by atoms with E-state index >= 15 is 0 Å². The van der Waals surface area contributed by atoms with Gasteiger partial charge in [-0.1, -0.05) is 0 Å². The molecule has 1 N–H and O–H groups in total. The number of likely N-dealkylation sites (N-methyl/N-ethyl adjacent to an activating group) is 1. The number of fused-ring (bicyclic) bond motifs is 1. The van der Waals surface area contributed by atoms with E-state index in [4.69, 9.17) is 4.74 Å². The van der Waals surface area contributed by atoms with E-state index in [1.807, 2.05) is 0 Å². The van der Waals surface area contributed by atoms with Gasteiger partial charge >= 0.3 is 0 Å². The van der Waals surface area contributed by atoms with E-state index in [1.165, 1.54) is 17.0 Å². The minimum absolute atomic E-state index is 0.243. The third-order valence-corrected chi connectivity index (χ3v) is 4.15. The van der Waals surface area contributed by atoms with E-state index in [-0.39, 0.29) is 17.2 Å². The zero-order valence-corrected chi connectivity index (χ0v) is 14.7. The second kappa shape index (κ2) is 6.95. The van der Waals surface area contributed by atoms with E-state index in [0.29, 0.717) is 11.4 Å². The third-order valence-electron chi connectivity index (χ3n) is 4.15. The Morgan fingerprint density at radius 3 is 2.29 bits per heavy atom. The van der Waals surface area contributed by atoms with E-state index < -0.39 is 33.2 Å². The summed E-state index contributed by atoms with van der Waals surface area (Å²) in [6, 6.07) is 7.26. The Kier molecular flexibility index (Phi) is 4.65. The van der Waals surface area contributed by atoms with Crippen LogP contribution in [-0.2, 0) is 4.79 Å². The normalized spacial score (nSPS) is 15.4. The monoisotopic (exact) mass is 386 g/mol. The predicted octanol–water partition coefficient (Wildman–Crippen LogP) is 2.50. The van der Waals surface area contributed by atoms with Crippen LogP contribution in [0.15, 0.2) is 36.4 Å². The third kappa shape index (κ3) is 3.45. The van der Waals surface area contributed by atoms with Gasteiger partial charge in [-0.2, -0.15) is 0 Å². The number of carbonyl (C=O) groups is 2. The number of amides is 2. The summed E-state index contributed by atoms with van der Waals surface area (Å²) in [7, 11) is 1.57. The molecule has 0 spiro atoms. The lowest BCUT2D eigenvalue weighted by molar-refractivity contribution is -0.394. The maximum atomic E-state index is 12.5. The quantitative estimate of drug-likeness (QED) is 0.627. The molecule has 2 aromatic carbocycles. The summed E-state index contributed by atoms with van der Waals surface area (Å²) in [5, 5.41) is 24.4. The van der Waals surface area contributed by atoms with Crippen molar-refractivity contribution in [1.29, 1.82) is 0 Å². The minimum atomic E-state index is -0.818. The van der Waals surface area contributed by atoms with Gasteiger partial charge in [-0.05, 0) is 25.1 Å². The number of non-ortho nitro benzene ring substituents is 2. The molecule has 1 aliphatic rings.